The molecule has 1 atom stereocenters. The molecule has 6 nitrogen and oxygen atoms in total. The SMILES string of the molecule is CC/C(=N\NC(=O)[C@@H](C)Nc1nc2ccccc2s1)c1cc(F)ccc1O. The molecule has 0 aliphatic carbocycles. The number of hydrazone groups is 1. The number of benzene rings is 2. The summed E-state index contributed by atoms with van der Waals surface area (Å²) in [5.41, 5.74) is 3.96. The van der Waals surface area contributed by atoms with Crippen LogP contribution in [-0.2, 0) is 4.79 Å². The van der Waals surface area contributed by atoms with Gasteiger partial charge >= 0.3 is 0 Å². The number of nitrogens with zero attached hydrogens (tertiary/aromatic N) is 2. The molecule has 0 aliphatic heterocycles. The van der Waals surface area contributed by atoms with Crippen LogP contribution < -0.4 is 10.7 Å². The minimum Gasteiger partial charge on any atom is -0.507 e. The summed E-state index contributed by atoms with van der Waals surface area (Å²) in [6, 6.07) is 10.7. The van der Waals surface area contributed by atoms with Crippen LogP contribution in [0.2, 0.25) is 0 Å². The Balaban J connectivity index is 1.69. The lowest BCUT2D eigenvalue weighted by Crippen LogP contribution is -2.35. The fourth-order valence-corrected chi connectivity index (χ4v) is 3.43. The largest absolute Gasteiger partial charge is 0.507 e. The van der Waals surface area contributed by atoms with Gasteiger partial charge in [0.25, 0.3) is 5.91 Å². The van der Waals surface area contributed by atoms with Gasteiger partial charge in [-0.1, -0.05) is 30.4 Å². The van der Waals surface area contributed by atoms with Crippen LogP contribution in [0.15, 0.2) is 47.6 Å². The van der Waals surface area contributed by atoms with Gasteiger partial charge < -0.3 is 10.4 Å². The van der Waals surface area contributed by atoms with Gasteiger partial charge in [0.15, 0.2) is 5.13 Å². The fourth-order valence-electron chi connectivity index (χ4n) is 2.47. The number of para-hydroxylation sites is 1. The minimum absolute atomic E-state index is 0.0908. The van der Waals surface area contributed by atoms with Gasteiger partial charge in [-0.15, -0.1) is 0 Å². The van der Waals surface area contributed by atoms with Crippen molar-refractivity contribution in [3.8, 4) is 5.75 Å². The third-order valence-corrected chi connectivity index (χ3v) is 4.90. The Morgan fingerprint density at radius 2 is 2.11 bits per heavy atom. The van der Waals surface area contributed by atoms with E-state index in [9.17, 15) is 14.3 Å². The highest BCUT2D eigenvalue weighted by Crippen LogP contribution is 2.25. The number of halogens is 1. The summed E-state index contributed by atoms with van der Waals surface area (Å²) >= 11 is 1.46. The number of rotatable bonds is 6. The van der Waals surface area contributed by atoms with Crippen molar-refractivity contribution in [1.82, 2.24) is 10.4 Å². The smallest absolute Gasteiger partial charge is 0.262 e. The first-order chi connectivity index (χ1) is 13.0. The molecular weight excluding hydrogens is 367 g/mol. The molecule has 0 bridgehead atoms. The van der Waals surface area contributed by atoms with Gasteiger partial charge in [-0.2, -0.15) is 5.10 Å². The van der Waals surface area contributed by atoms with E-state index in [2.05, 4.69) is 20.8 Å². The molecule has 1 heterocycles. The van der Waals surface area contributed by atoms with Gasteiger partial charge in [0.05, 0.1) is 15.9 Å². The predicted molar refractivity (Wildman–Crippen MR) is 106 cm³/mol. The minimum atomic E-state index is -0.575. The molecule has 0 radical (unpaired) electrons. The lowest BCUT2D eigenvalue weighted by molar-refractivity contribution is -0.121. The molecule has 0 spiro atoms. The molecule has 0 aliphatic rings. The highest BCUT2D eigenvalue weighted by Gasteiger charge is 2.15. The first-order valence-corrected chi connectivity index (χ1v) is 9.27. The van der Waals surface area contributed by atoms with E-state index in [1.54, 1.807) is 13.8 Å². The average Bonchev–Trinajstić information content (AvgIpc) is 3.06. The van der Waals surface area contributed by atoms with Crippen molar-refractivity contribution < 1.29 is 14.3 Å². The van der Waals surface area contributed by atoms with Crippen LogP contribution >= 0.6 is 11.3 Å². The number of phenols is 1. The summed E-state index contributed by atoms with van der Waals surface area (Å²) in [5, 5.41) is 17.6. The van der Waals surface area contributed by atoms with E-state index in [4.69, 9.17) is 0 Å². The van der Waals surface area contributed by atoms with Crippen LogP contribution in [-0.4, -0.2) is 27.8 Å². The standard InChI is InChI=1S/C19H19FN4O2S/c1-3-14(13-10-12(20)8-9-16(13)25)23-24-18(26)11(2)21-19-22-15-6-4-5-7-17(15)27-19/h4-11,25H,3H2,1-2H3,(H,21,22)(H,24,26)/b23-14+/t11-/m1/s1. The number of nitrogens with one attached hydrogen (secondary N) is 2. The molecule has 8 heteroatoms. The average molecular weight is 386 g/mol. The maximum Gasteiger partial charge on any atom is 0.262 e. The number of hydrogen-bond donors (Lipinski definition) is 3. The Morgan fingerprint density at radius 1 is 1.33 bits per heavy atom. The zero-order chi connectivity index (χ0) is 19.4. The number of anilines is 1. The molecule has 0 saturated heterocycles. The molecule has 3 N–H and O–H groups in total. The van der Waals surface area contributed by atoms with Crippen molar-refractivity contribution in [2.45, 2.75) is 26.3 Å². The van der Waals surface area contributed by atoms with Crippen LogP contribution in [0.1, 0.15) is 25.8 Å². The second-order valence-electron chi connectivity index (χ2n) is 5.90. The van der Waals surface area contributed by atoms with Crippen molar-refractivity contribution in [2.24, 2.45) is 5.10 Å². The number of carbonyl (C=O) groups excluding carboxylic acids is 1. The normalized spacial score (nSPS) is 12.8. The third kappa shape index (κ3) is 4.40. The summed E-state index contributed by atoms with van der Waals surface area (Å²) in [6.45, 7) is 3.50. The monoisotopic (exact) mass is 386 g/mol. The Labute approximate surface area is 159 Å². The highest BCUT2D eigenvalue weighted by atomic mass is 32.1. The second-order valence-corrected chi connectivity index (χ2v) is 6.93. The van der Waals surface area contributed by atoms with E-state index in [0.29, 0.717) is 17.3 Å². The van der Waals surface area contributed by atoms with Crippen LogP contribution in [0.25, 0.3) is 10.2 Å². The first kappa shape index (κ1) is 18.8. The van der Waals surface area contributed by atoms with Gasteiger partial charge in [-0.3, -0.25) is 4.79 Å². The Bertz CT molecular complexity index is 969. The maximum absolute atomic E-state index is 13.4. The van der Waals surface area contributed by atoms with Crippen molar-refractivity contribution >= 4 is 38.3 Å². The molecule has 0 fully saturated rings. The van der Waals surface area contributed by atoms with Crippen molar-refractivity contribution in [3.05, 3.63) is 53.8 Å². The van der Waals surface area contributed by atoms with E-state index in [1.807, 2.05) is 24.3 Å². The maximum atomic E-state index is 13.4. The fraction of sp³-hybridized carbons (Fsp3) is 0.211. The van der Waals surface area contributed by atoms with Gasteiger partial charge in [-0.05, 0) is 43.7 Å². The lowest BCUT2D eigenvalue weighted by atomic mass is 10.1. The highest BCUT2D eigenvalue weighted by molar-refractivity contribution is 7.22. The Hall–Kier alpha value is -3.00. The van der Waals surface area contributed by atoms with Crippen LogP contribution in [0.4, 0.5) is 9.52 Å². The molecule has 1 aromatic heterocycles. The molecule has 3 aromatic rings. The number of aromatic nitrogens is 1. The molecule has 0 saturated carbocycles. The summed E-state index contributed by atoms with van der Waals surface area (Å²) in [4.78, 5) is 16.8. The first-order valence-electron chi connectivity index (χ1n) is 8.45. The van der Waals surface area contributed by atoms with E-state index in [1.165, 1.54) is 23.5 Å². The number of fused-ring (bicyclic) bond motifs is 1. The Kier molecular flexibility index (Phi) is 5.66. The second kappa shape index (κ2) is 8.13. The molecule has 1 amide bonds. The number of carbonyl (C=O) groups is 1. The molecule has 27 heavy (non-hydrogen) atoms. The number of phenolic OH excluding ortho intramolecular Hbond substituents is 1. The third-order valence-electron chi connectivity index (χ3n) is 3.93. The zero-order valence-corrected chi connectivity index (χ0v) is 15.7. The summed E-state index contributed by atoms with van der Waals surface area (Å²) < 4.78 is 14.5. The summed E-state index contributed by atoms with van der Waals surface area (Å²) in [7, 11) is 0. The Morgan fingerprint density at radius 3 is 2.85 bits per heavy atom. The topological polar surface area (TPSA) is 86.6 Å². The van der Waals surface area contributed by atoms with E-state index >= 15 is 0 Å². The van der Waals surface area contributed by atoms with E-state index in [-0.39, 0.29) is 17.2 Å². The molecule has 0 unspecified atom stereocenters. The lowest BCUT2D eigenvalue weighted by Gasteiger charge is -2.12. The summed E-state index contributed by atoms with van der Waals surface area (Å²) in [6.07, 6.45) is 0.414. The molecule has 140 valence electrons. The number of aromatic hydroxyl groups is 1. The van der Waals surface area contributed by atoms with Crippen LogP contribution in [0.5, 0.6) is 5.75 Å². The molecule has 3 rings (SSSR count). The quantitative estimate of drug-likeness (QED) is 0.443. The van der Waals surface area contributed by atoms with Gasteiger partial charge in [0, 0.05) is 5.56 Å². The number of amides is 1. The van der Waals surface area contributed by atoms with Crippen molar-refractivity contribution in [2.75, 3.05) is 5.32 Å². The molecular formula is C19H19FN4O2S. The van der Waals surface area contributed by atoms with Gasteiger partial charge in [-0.25, -0.2) is 14.8 Å². The van der Waals surface area contributed by atoms with E-state index in [0.717, 1.165) is 16.3 Å². The predicted octanol–water partition coefficient (Wildman–Crippen LogP) is 3.87. The summed E-state index contributed by atoms with van der Waals surface area (Å²) in [5.74, 6) is -0.941. The van der Waals surface area contributed by atoms with Gasteiger partial charge in [0.1, 0.15) is 17.6 Å². The van der Waals surface area contributed by atoms with Gasteiger partial charge in [0.2, 0.25) is 0 Å². The van der Waals surface area contributed by atoms with E-state index < -0.39 is 11.9 Å². The van der Waals surface area contributed by atoms with Crippen LogP contribution in [0.3, 0.4) is 0 Å². The van der Waals surface area contributed by atoms with Crippen molar-refractivity contribution in [1.29, 1.82) is 0 Å². The van der Waals surface area contributed by atoms with Crippen molar-refractivity contribution in [3.63, 3.8) is 0 Å². The van der Waals surface area contributed by atoms with Crippen LogP contribution in [0, 0.1) is 5.82 Å². The number of thiazole rings is 1. The molecule has 2 aromatic carbocycles. The number of hydrogen-bond acceptors (Lipinski definition) is 6. The zero-order valence-electron chi connectivity index (χ0n) is 14.9.